The summed E-state index contributed by atoms with van der Waals surface area (Å²) in [6.45, 7) is 11.9. The van der Waals surface area contributed by atoms with Gasteiger partial charge in [0.2, 0.25) is 0 Å². The summed E-state index contributed by atoms with van der Waals surface area (Å²) in [5, 5.41) is 21.7. The monoisotopic (exact) mass is 418 g/mol. The van der Waals surface area contributed by atoms with E-state index in [1.54, 1.807) is 0 Å². The van der Waals surface area contributed by atoms with Gasteiger partial charge < -0.3 is 10.2 Å². The molecule has 0 aromatic rings. The highest BCUT2D eigenvalue weighted by molar-refractivity contribution is 5.89. The van der Waals surface area contributed by atoms with Crippen molar-refractivity contribution in [2.45, 2.75) is 117 Å². The quantitative estimate of drug-likeness (QED) is 0.596. The van der Waals surface area contributed by atoms with Crippen LogP contribution >= 0.6 is 0 Å². The maximum atomic E-state index is 13.3. The lowest BCUT2D eigenvalue weighted by molar-refractivity contribution is -0.213. The first-order chi connectivity index (χ1) is 14.0. The molecule has 0 aliphatic heterocycles. The summed E-state index contributed by atoms with van der Waals surface area (Å²) in [6, 6.07) is 0. The Morgan fingerprint density at radius 1 is 1.00 bits per heavy atom. The van der Waals surface area contributed by atoms with E-state index in [2.05, 4.69) is 34.6 Å². The third-order valence-corrected chi connectivity index (χ3v) is 10.8. The highest BCUT2D eigenvalue weighted by Gasteiger charge is 2.67. The van der Waals surface area contributed by atoms with Crippen LogP contribution in [0.1, 0.15) is 105 Å². The first kappa shape index (κ1) is 22.8. The van der Waals surface area contributed by atoms with E-state index in [9.17, 15) is 15.0 Å². The van der Waals surface area contributed by atoms with Gasteiger partial charge in [0.15, 0.2) is 5.78 Å². The Kier molecular flexibility index (Phi) is 5.97. The van der Waals surface area contributed by atoms with Gasteiger partial charge in [-0.1, -0.05) is 53.9 Å². The van der Waals surface area contributed by atoms with Crippen LogP contribution in [0.15, 0.2) is 0 Å². The number of Topliss-reactive ketones (excluding diaryl/α,β-unsaturated/α-hetero) is 1. The van der Waals surface area contributed by atoms with Crippen molar-refractivity contribution in [3.05, 3.63) is 0 Å². The van der Waals surface area contributed by atoms with Gasteiger partial charge in [-0.3, -0.25) is 4.79 Å². The summed E-state index contributed by atoms with van der Waals surface area (Å²) < 4.78 is 0. The van der Waals surface area contributed by atoms with E-state index in [1.807, 2.05) is 0 Å². The SMILES string of the molecule is CC(C)CCC[C@@H](C)[C@@H]1CC[C@@H]2[C@H]3CC(=O)[C@@]4(O)C[C@@H](O)CC[C@]4(C)[C@@H]3CC[C@@]21C. The van der Waals surface area contributed by atoms with Gasteiger partial charge in [0.05, 0.1) is 6.10 Å². The zero-order chi connectivity index (χ0) is 21.9. The lowest BCUT2D eigenvalue weighted by Crippen LogP contribution is -2.67. The number of aliphatic hydroxyl groups excluding tert-OH is 1. The second-order valence-electron chi connectivity index (χ2n) is 12.7. The van der Waals surface area contributed by atoms with Crippen molar-refractivity contribution >= 4 is 5.78 Å². The molecule has 0 heterocycles. The summed E-state index contributed by atoms with van der Waals surface area (Å²) >= 11 is 0. The number of hydrogen-bond donors (Lipinski definition) is 2. The smallest absolute Gasteiger partial charge is 0.165 e. The average molecular weight is 419 g/mol. The number of carbonyl (C=O) groups excluding carboxylic acids is 1. The van der Waals surface area contributed by atoms with Crippen molar-refractivity contribution < 1.29 is 15.0 Å². The number of ketones is 1. The predicted octanol–water partition coefficient (Wildman–Crippen LogP) is 5.76. The first-order valence-corrected chi connectivity index (χ1v) is 13.0. The average Bonchev–Trinajstić information content (AvgIpc) is 3.01. The fourth-order valence-corrected chi connectivity index (χ4v) is 9.04. The topological polar surface area (TPSA) is 57.5 Å². The molecule has 0 aromatic heterocycles. The minimum Gasteiger partial charge on any atom is -0.393 e. The van der Waals surface area contributed by atoms with Gasteiger partial charge in [-0.15, -0.1) is 0 Å². The van der Waals surface area contributed by atoms with Crippen molar-refractivity contribution in [2.24, 2.45) is 46.3 Å². The van der Waals surface area contributed by atoms with Crippen molar-refractivity contribution in [3.63, 3.8) is 0 Å². The summed E-state index contributed by atoms with van der Waals surface area (Å²) in [4.78, 5) is 13.3. The number of rotatable bonds is 5. The number of hydrogen-bond acceptors (Lipinski definition) is 3. The number of carbonyl (C=O) groups is 1. The standard InChI is InChI=1S/C27H46O3/c1-17(2)7-6-8-18(3)21-9-10-22-20-15-24(29)27(30)16-19(28)11-14-26(27,5)23(20)12-13-25(21,22)4/h17-23,28,30H,6-16H2,1-5H3/t18-,19+,20-,21+,22-,23-,25-,26-,27+/m1/s1. The minimum absolute atomic E-state index is 0.0303. The zero-order valence-corrected chi connectivity index (χ0v) is 20.1. The highest BCUT2D eigenvalue weighted by Crippen LogP contribution is 2.68. The molecular weight excluding hydrogens is 372 g/mol. The van der Waals surface area contributed by atoms with Crippen molar-refractivity contribution in [1.82, 2.24) is 0 Å². The zero-order valence-electron chi connectivity index (χ0n) is 20.1. The molecule has 30 heavy (non-hydrogen) atoms. The van der Waals surface area contributed by atoms with Crippen LogP contribution in [0.5, 0.6) is 0 Å². The van der Waals surface area contributed by atoms with Crippen molar-refractivity contribution in [2.75, 3.05) is 0 Å². The molecule has 4 fully saturated rings. The van der Waals surface area contributed by atoms with Gasteiger partial charge in [0.1, 0.15) is 5.60 Å². The van der Waals surface area contributed by atoms with E-state index in [-0.39, 0.29) is 17.6 Å². The maximum absolute atomic E-state index is 13.3. The summed E-state index contributed by atoms with van der Waals surface area (Å²) in [6.07, 6.45) is 10.8. The van der Waals surface area contributed by atoms with Gasteiger partial charge in [-0.2, -0.15) is 0 Å². The third kappa shape index (κ3) is 3.33. The van der Waals surface area contributed by atoms with Gasteiger partial charge in [0.25, 0.3) is 0 Å². The van der Waals surface area contributed by atoms with E-state index in [1.165, 1.54) is 38.5 Å². The molecule has 3 nitrogen and oxygen atoms in total. The Balaban J connectivity index is 1.54. The lowest BCUT2D eigenvalue weighted by Gasteiger charge is -2.63. The van der Waals surface area contributed by atoms with Crippen LogP contribution in [0.25, 0.3) is 0 Å². The van der Waals surface area contributed by atoms with E-state index in [0.717, 1.165) is 37.0 Å². The van der Waals surface area contributed by atoms with Crippen LogP contribution in [0.4, 0.5) is 0 Å². The van der Waals surface area contributed by atoms with Crippen LogP contribution < -0.4 is 0 Å². The molecule has 0 aromatic carbocycles. The van der Waals surface area contributed by atoms with Gasteiger partial charge >= 0.3 is 0 Å². The molecule has 0 bridgehead atoms. The molecule has 9 atom stereocenters. The Labute approximate surface area is 184 Å². The lowest BCUT2D eigenvalue weighted by atomic mass is 9.42. The van der Waals surface area contributed by atoms with Gasteiger partial charge in [-0.25, -0.2) is 0 Å². The number of fused-ring (bicyclic) bond motifs is 5. The second kappa shape index (κ2) is 7.87. The maximum Gasteiger partial charge on any atom is 0.165 e. The molecule has 172 valence electrons. The predicted molar refractivity (Wildman–Crippen MR) is 121 cm³/mol. The largest absolute Gasteiger partial charge is 0.393 e. The normalized spacial score (nSPS) is 49.5. The van der Waals surface area contributed by atoms with E-state index in [4.69, 9.17) is 0 Å². The molecule has 4 aliphatic rings. The van der Waals surface area contributed by atoms with Crippen LogP contribution in [-0.2, 0) is 4.79 Å². The summed E-state index contributed by atoms with van der Waals surface area (Å²) in [5.74, 6) is 3.87. The van der Waals surface area contributed by atoms with Crippen LogP contribution in [0.3, 0.4) is 0 Å². The van der Waals surface area contributed by atoms with Crippen LogP contribution in [0, 0.1) is 46.3 Å². The molecule has 3 heteroatoms. The second-order valence-corrected chi connectivity index (χ2v) is 12.7. The molecular formula is C27H46O3. The Bertz CT molecular complexity index is 658. The van der Waals surface area contributed by atoms with Gasteiger partial charge in [-0.05, 0) is 79.4 Å². The van der Waals surface area contributed by atoms with Crippen LogP contribution in [0.2, 0.25) is 0 Å². The molecule has 0 saturated heterocycles. The highest BCUT2D eigenvalue weighted by atomic mass is 16.3. The number of aliphatic hydroxyl groups is 2. The molecule has 4 saturated carbocycles. The van der Waals surface area contributed by atoms with Crippen molar-refractivity contribution in [3.8, 4) is 0 Å². The Morgan fingerprint density at radius 3 is 2.43 bits per heavy atom. The third-order valence-electron chi connectivity index (χ3n) is 10.8. The van der Waals surface area contributed by atoms with Crippen LogP contribution in [-0.4, -0.2) is 27.7 Å². The Morgan fingerprint density at radius 2 is 1.73 bits per heavy atom. The summed E-state index contributed by atoms with van der Waals surface area (Å²) in [7, 11) is 0. The molecule has 0 radical (unpaired) electrons. The molecule has 2 N–H and O–H groups in total. The molecule has 0 unspecified atom stereocenters. The fourth-order valence-electron chi connectivity index (χ4n) is 9.04. The Hall–Kier alpha value is -0.410. The van der Waals surface area contributed by atoms with Gasteiger partial charge in [0, 0.05) is 18.3 Å². The minimum atomic E-state index is -1.30. The van der Waals surface area contributed by atoms with E-state index < -0.39 is 11.7 Å². The van der Waals surface area contributed by atoms with E-state index >= 15 is 0 Å². The first-order valence-electron chi connectivity index (χ1n) is 13.0. The fraction of sp³-hybridized carbons (Fsp3) is 0.963. The van der Waals surface area contributed by atoms with E-state index in [0.29, 0.717) is 29.6 Å². The summed E-state index contributed by atoms with van der Waals surface area (Å²) in [5.41, 5.74) is -1.30. The molecule has 0 amide bonds. The molecule has 4 rings (SSSR count). The van der Waals surface area contributed by atoms with Crippen molar-refractivity contribution in [1.29, 1.82) is 0 Å². The molecule has 4 aliphatic carbocycles. The molecule has 0 spiro atoms.